The highest BCUT2D eigenvalue weighted by Crippen LogP contribution is 2.32. The highest BCUT2D eigenvalue weighted by Gasteiger charge is 2.09. The van der Waals surface area contributed by atoms with E-state index in [1.807, 2.05) is 19.1 Å². The SMILES string of the molecule is CCc1cc(CC(=O)O)ccc1Sc1ccc([N+](=O)[O-])cc1. The first-order valence-corrected chi connectivity index (χ1v) is 7.57. The van der Waals surface area contributed by atoms with E-state index in [1.54, 1.807) is 18.2 Å². The predicted molar refractivity (Wildman–Crippen MR) is 84.4 cm³/mol. The molecule has 0 aromatic heterocycles. The Balaban J connectivity index is 2.21. The molecule has 2 aromatic carbocycles. The van der Waals surface area contributed by atoms with Gasteiger partial charge in [0.05, 0.1) is 11.3 Å². The lowest BCUT2D eigenvalue weighted by atomic mass is 10.1. The molecule has 0 amide bonds. The molecule has 0 saturated carbocycles. The van der Waals surface area contributed by atoms with E-state index in [0.29, 0.717) is 0 Å². The number of nitro groups is 1. The molecular weight excluding hydrogens is 302 g/mol. The number of hydrogen-bond donors (Lipinski definition) is 1. The Morgan fingerprint density at radius 2 is 1.91 bits per heavy atom. The van der Waals surface area contributed by atoms with Gasteiger partial charge in [0.1, 0.15) is 0 Å². The molecule has 5 nitrogen and oxygen atoms in total. The molecule has 0 aliphatic carbocycles. The van der Waals surface area contributed by atoms with Gasteiger partial charge in [0.15, 0.2) is 0 Å². The van der Waals surface area contributed by atoms with Gasteiger partial charge in [-0.25, -0.2) is 0 Å². The number of aliphatic carboxylic acids is 1. The van der Waals surface area contributed by atoms with Crippen LogP contribution in [0.3, 0.4) is 0 Å². The number of carboxylic acids is 1. The lowest BCUT2D eigenvalue weighted by molar-refractivity contribution is -0.384. The number of carboxylic acid groups (broad SMARTS) is 1. The van der Waals surface area contributed by atoms with Gasteiger partial charge in [-0.1, -0.05) is 30.8 Å². The number of benzene rings is 2. The van der Waals surface area contributed by atoms with Crippen molar-refractivity contribution in [2.75, 3.05) is 0 Å². The van der Waals surface area contributed by atoms with E-state index in [4.69, 9.17) is 5.11 Å². The fourth-order valence-electron chi connectivity index (χ4n) is 2.06. The molecule has 0 fully saturated rings. The van der Waals surface area contributed by atoms with E-state index in [1.165, 1.54) is 23.9 Å². The van der Waals surface area contributed by atoms with Crippen molar-refractivity contribution in [2.45, 2.75) is 29.6 Å². The minimum atomic E-state index is -0.849. The number of aryl methyl sites for hydroxylation is 1. The van der Waals surface area contributed by atoms with Crippen LogP contribution in [0.2, 0.25) is 0 Å². The van der Waals surface area contributed by atoms with Crippen LogP contribution < -0.4 is 0 Å². The van der Waals surface area contributed by atoms with Gasteiger partial charge in [0.2, 0.25) is 0 Å². The van der Waals surface area contributed by atoms with Gasteiger partial charge in [0, 0.05) is 21.9 Å². The fourth-order valence-corrected chi connectivity index (χ4v) is 3.05. The molecule has 6 heteroatoms. The monoisotopic (exact) mass is 317 g/mol. The number of nitrogens with zero attached hydrogens (tertiary/aromatic N) is 1. The number of carbonyl (C=O) groups is 1. The molecule has 0 radical (unpaired) electrons. The number of rotatable bonds is 6. The van der Waals surface area contributed by atoms with Crippen molar-refractivity contribution >= 4 is 23.4 Å². The van der Waals surface area contributed by atoms with Gasteiger partial charge in [-0.2, -0.15) is 0 Å². The third kappa shape index (κ3) is 4.08. The summed E-state index contributed by atoms with van der Waals surface area (Å²) in [5.41, 5.74) is 1.91. The summed E-state index contributed by atoms with van der Waals surface area (Å²) < 4.78 is 0. The van der Waals surface area contributed by atoms with Crippen molar-refractivity contribution in [3.8, 4) is 0 Å². The molecule has 0 unspecified atom stereocenters. The Morgan fingerprint density at radius 1 is 1.23 bits per heavy atom. The Morgan fingerprint density at radius 3 is 2.45 bits per heavy atom. The molecule has 1 N–H and O–H groups in total. The van der Waals surface area contributed by atoms with E-state index in [0.717, 1.165) is 27.3 Å². The average Bonchev–Trinajstić information content (AvgIpc) is 2.48. The summed E-state index contributed by atoms with van der Waals surface area (Å²) in [6.07, 6.45) is 0.804. The fraction of sp³-hybridized carbons (Fsp3) is 0.188. The maximum Gasteiger partial charge on any atom is 0.307 e. The summed E-state index contributed by atoms with van der Waals surface area (Å²) in [6, 6.07) is 12.0. The molecule has 0 spiro atoms. The van der Waals surface area contributed by atoms with E-state index < -0.39 is 10.9 Å². The quantitative estimate of drug-likeness (QED) is 0.645. The second-order valence-electron chi connectivity index (χ2n) is 4.72. The van der Waals surface area contributed by atoms with E-state index in [-0.39, 0.29) is 12.1 Å². The van der Waals surface area contributed by atoms with Crippen LogP contribution in [0.5, 0.6) is 0 Å². The van der Waals surface area contributed by atoms with Crippen molar-refractivity contribution in [3.63, 3.8) is 0 Å². The number of hydrogen-bond acceptors (Lipinski definition) is 4. The topological polar surface area (TPSA) is 80.4 Å². The van der Waals surface area contributed by atoms with Crippen LogP contribution in [0.4, 0.5) is 5.69 Å². The molecule has 22 heavy (non-hydrogen) atoms. The van der Waals surface area contributed by atoms with Gasteiger partial charge in [0.25, 0.3) is 5.69 Å². The van der Waals surface area contributed by atoms with Crippen LogP contribution in [0.25, 0.3) is 0 Å². The summed E-state index contributed by atoms with van der Waals surface area (Å²) in [5, 5.41) is 19.5. The molecule has 0 aliphatic heterocycles. The van der Waals surface area contributed by atoms with E-state index in [2.05, 4.69) is 0 Å². The third-order valence-electron chi connectivity index (χ3n) is 3.14. The minimum Gasteiger partial charge on any atom is -0.481 e. The van der Waals surface area contributed by atoms with Crippen molar-refractivity contribution in [1.82, 2.24) is 0 Å². The van der Waals surface area contributed by atoms with Gasteiger partial charge in [-0.05, 0) is 35.7 Å². The number of non-ortho nitro benzene ring substituents is 1. The van der Waals surface area contributed by atoms with Crippen LogP contribution in [-0.4, -0.2) is 16.0 Å². The molecule has 2 rings (SSSR count). The zero-order valence-electron chi connectivity index (χ0n) is 12.0. The van der Waals surface area contributed by atoms with Gasteiger partial charge >= 0.3 is 5.97 Å². The summed E-state index contributed by atoms with van der Waals surface area (Å²) >= 11 is 1.52. The Hall–Kier alpha value is -2.34. The van der Waals surface area contributed by atoms with Gasteiger partial charge in [-0.15, -0.1) is 0 Å². The Bertz CT molecular complexity index is 698. The summed E-state index contributed by atoms with van der Waals surface area (Å²) in [5.74, 6) is -0.849. The third-order valence-corrected chi connectivity index (χ3v) is 4.26. The summed E-state index contributed by atoms with van der Waals surface area (Å²) in [7, 11) is 0. The van der Waals surface area contributed by atoms with Crippen molar-refractivity contribution < 1.29 is 14.8 Å². The molecule has 0 bridgehead atoms. The Kier molecular flexibility index (Phi) is 5.16. The molecular formula is C16H15NO4S. The molecule has 114 valence electrons. The first kappa shape index (κ1) is 16.0. The standard InChI is InChI=1S/C16H15NO4S/c1-2-12-9-11(10-16(18)19)3-8-15(12)22-14-6-4-13(5-7-14)17(20)21/h3-9H,2,10H2,1H3,(H,18,19). The first-order chi connectivity index (χ1) is 10.5. The second kappa shape index (κ2) is 7.09. The second-order valence-corrected chi connectivity index (χ2v) is 5.83. The maximum atomic E-state index is 10.8. The largest absolute Gasteiger partial charge is 0.481 e. The summed E-state index contributed by atoms with van der Waals surface area (Å²) in [6.45, 7) is 2.01. The molecule has 0 aliphatic rings. The van der Waals surface area contributed by atoms with Crippen LogP contribution in [0.1, 0.15) is 18.1 Å². The lowest BCUT2D eigenvalue weighted by Crippen LogP contribution is -2.01. The van der Waals surface area contributed by atoms with E-state index in [9.17, 15) is 14.9 Å². The zero-order valence-corrected chi connectivity index (χ0v) is 12.8. The van der Waals surface area contributed by atoms with Crippen molar-refractivity contribution in [1.29, 1.82) is 0 Å². The average molecular weight is 317 g/mol. The maximum absolute atomic E-state index is 10.8. The van der Waals surface area contributed by atoms with E-state index >= 15 is 0 Å². The summed E-state index contributed by atoms with van der Waals surface area (Å²) in [4.78, 5) is 22.9. The zero-order chi connectivity index (χ0) is 16.1. The van der Waals surface area contributed by atoms with Crippen molar-refractivity contribution in [2.24, 2.45) is 0 Å². The van der Waals surface area contributed by atoms with Crippen LogP contribution in [-0.2, 0) is 17.6 Å². The lowest BCUT2D eigenvalue weighted by Gasteiger charge is -2.09. The normalized spacial score (nSPS) is 10.4. The molecule has 0 heterocycles. The van der Waals surface area contributed by atoms with Gasteiger partial charge in [-0.3, -0.25) is 14.9 Å². The molecule has 2 aromatic rings. The predicted octanol–water partition coefficient (Wildman–Crippen LogP) is 3.94. The highest BCUT2D eigenvalue weighted by molar-refractivity contribution is 7.99. The van der Waals surface area contributed by atoms with Crippen LogP contribution >= 0.6 is 11.8 Å². The smallest absolute Gasteiger partial charge is 0.307 e. The number of nitro benzene ring substituents is 1. The molecule has 0 atom stereocenters. The van der Waals surface area contributed by atoms with Crippen molar-refractivity contribution in [3.05, 3.63) is 63.7 Å². The first-order valence-electron chi connectivity index (χ1n) is 6.75. The van der Waals surface area contributed by atoms with Crippen LogP contribution in [0.15, 0.2) is 52.3 Å². The van der Waals surface area contributed by atoms with Crippen LogP contribution in [0, 0.1) is 10.1 Å². The molecule has 0 saturated heterocycles. The Labute approximate surface area is 132 Å². The highest BCUT2D eigenvalue weighted by atomic mass is 32.2. The van der Waals surface area contributed by atoms with Gasteiger partial charge < -0.3 is 5.11 Å². The minimum absolute atomic E-state index is 0.00940.